The van der Waals surface area contributed by atoms with Crippen LogP contribution in [-0.2, 0) is 0 Å². The zero-order chi connectivity index (χ0) is 12.8. The van der Waals surface area contributed by atoms with Crippen molar-refractivity contribution >= 4 is 17.3 Å². The molecule has 1 fully saturated rings. The van der Waals surface area contributed by atoms with Gasteiger partial charge in [-0.15, -0.1) is 0 Å². The van der Waals surface area contributed by atoms with Gasteiger partial charge in [-0.3, -0.25) is 0 Å². The van der Waals surface area contributed by atoms with Gasteiger partial charge in [0.15, 0.2) is 0 Å². The Balaban J connectivity index is 1.64. The first-order chi connectivity index (χ1) is 8.74. The predicted molar refractivity (Wildman–Crippen MR) is 78.5 cm³/mol. The van der Waals surface area contributed by atoms with Gasteiger partial charge in [0.1, 0.15) is 0 Å². The van der Waals surface area contributed by atoms with E-state index in [0.717, 1.165) is 30.3 Å². The molecule has 0 bridgehead atoms. The summed E-state index contributed by atoms with van der Waals surface area (Å²) in [4.78, 5) is 2.39. The molecule has 0 aliphatic carbocycles. The topological polar surface area (TPSA) is 27.3 Å². The normalized spacial score (nSPS) is 20.9. The molecule has 1 aromatic carbocycles. The molecule has 1 aliphatic heterocycles. The summed E-state index contributed by atoms with van der Waals surface area (Å²) in [5.41, 5.74) is 1.09. The van der Waals surface area contributed by atoms with Crippen molar-refractivity contribution in [2.45, 2.75) is 18.9 Å². The number of nitrogens with one attached hydrogen (secondary N) is 2. The lowest BCUT2D eigenvalue weighted by atomic mass is 10.1. The molecule has 0 unspecified atom stereocenters. The Hall–Kier alpha value is -0.770. The smallest absolute Gasteiger partial charge is 0.0426 e. The minimum Gasteiger partial charge on any atom is -0.384 e. The predicted octanol–water partition coefficient (Wildman–Crippen LogP) is 2.44. The van der Waals surface area contributed by atoms with Crippen molar-refractivity contribution in [1.82, 2.24) is 10.2 Å². The number of hydrogen-bond acceptors (Lipinski definition) is 3. The first-order valence-electron chi connectivity index (χ1n) is 6.65. The van der Waals surface area contributed by atoms with Crippen LogP contribution in [0.5, 0.6) is 0 Å². The van der Waals surface area contributed by atoms with Crippen molar-refractivity contribution in [2.24, 2.45) is 0 Å². The molecule has 2 rings (SSSR count). The van der Waals surface area contributed by atoms with Crippen LogP contribution in [0.3, 0.4) is 0 Å². The molecule has 1 atom stereocenters. The van der Waals surface area contributed by atoms with E-state index in [2.05, 4.69) is 22.6 Å². The Kier molecular flexibility index (Phi) is 5.29. The molecule has 3 nitrogen and oxygen atoms in total. The molecular weight excluding hydrogens is 246 g/mol. The van der Waals surface area contributed by atoms with E-state index in [0.29, 0.717) is 6.04 Å². The highest BCUT2D eigenvalue weighted by Crippen LogP contribution is 2.14. The van der Waals surface area contributed by atoms with E-state index in [9.17, 15) is 0 Å². The Morgan fingerprint density at radius 1 is 1.39 bits per heavy atom. The van der Waals surface area contributed by atoms with Crippen LogP contribution in [0.15, 0.2) is 24.3 Å². The molecule has 18 heavy (non-hydrogen) atoms. The number of halogens is 1. The molecule has 2 N–H and O–H groups in total. The molecule has 1 heterocycles. The van der Waals surface area contributed by atoms with Crippen molar-refractivity contribution in [3.05, 3.63) is 29.3 Å². The van der Waals surface area contributed by atoms with Crippen LogP contribution >= 0.6 is 11.6 Å². The van der Waals surface area contributed by atoms with Crippen LogP contribution in [0.25, 0.3) is 0 Å². The van der Waals surface area contributed by atoms with Gasteiger partial charge < -0.3 is 15.5 Å². The maximum atomic E-state index is 5.93. The lowest BCUT2D eigenvalue weighted by Crippen LogP contribution is -2.45. The number of anilines is 1. The Morgan fingerprint density at radius 2 is 2.28 bits per heavy atom. The first-order valence-corrected chi connectivity index (χ1v) is 7.03. The molecule has 1 saturated heterocycles. The van der Waals surface area contributed by atoms with Gasteiger partial charge in [0.25, 0.3) is 0 Å². The zero-order valence-electron chi connectivity index (χ0n) is 11.0. The summed E-state index contributed by atoms with van der Waals surface area (Å²) >= 11 is 5.93. The van der Waals surface area contributed by atoms with Gasteiger partial charge in [-0.1, -0.05) is 17.7 Å². The number of piperidine rings is 1. The van der Waals surface area contributed by atoms with Crippen LogP contribution in [0.2, 0.25) is 5.02 Å². The van der Waals surface area contributed by atoms with Gasteiger partial charge in [-0.05, 0) is 44.6 Å². The van der Waals surface area contributed by atoms with Crippen molar-refractivity contribution in [3.63, 3.8) is 0 Å². The zero-order valence-corrected chi connectivity index (χ0v) is 11.7. The average molecular weight is 268 g/mol. The molecule has 0 saturated carbocycles. The number of likely N-dealkylation sites (tertiary alicyclic amines) is 1. The maximum Gasteiger partial charge on any atom is 0.0426 e. The average Bonchev–Trinajstić information content (AvgIpc) is 2.35. The van der Waals surface area contributed by atoms with E-state index in [1.165, 1.54) is 19.4 Å². The van der Waals surface area contributed by atoms with Crippen LogP contribution < -0.4 is 10.6 Å². The summed E-state index contributed by atoms with van der Waals surface area (Å²) in [7, 11) is 2.19. The lowest BCUT2D eigenvalue weighted by Gasteiger charge is -2.30. The van der Waals surface area contributed by atoms with E-state index in [4.69, 9.17) is 11.6 Å². The van der Waals surface area contributed by atoms with Crippen molar-refractivity contribution in [1.29, 1.82) is 0 Å². The second-order valence-corrected chi connectivity index (χ2v) is 5.43. The van der Waals surface area contributed by atoms with Crippen LogP contribution in [0, 0.1) is 0 Å². The van der Waals surface area contributed by atoms with Crippen molar-refractivity contribution in [3.8, 4) is 0 Å². The third-order valence-corrected chi connectivity index (χ3v) is 3.57. The van der Waals surface area contributed by atoms with Gasteiger partial charge in [0, 0.05) is 36.4 Å². The minimum atomic E-state index is 0.643. The van der Waals surface area contributed by atoms with Crippen LogP contribution in [-0.4, -0.2) is 44.2 Å². The standard InChI is InChI=1S/C14H22ClN3/c1-18-9-3-6-14(11-18)17-8-7-16-13-5-2-4-12(15)10-13/h2,4-5,10,14,16-17H,3,6-9,11H2,1H3/t14-/m1/s1. The van der Waals surface area contributed by atoms with E-state index in [-0.39, 0.29) is 0 Å². The monoisotopic (exact) mass is 267 g/mol. The third-order valence-electron chi connectivity index (χ3n) is 3.34. The molecule has 1 aromatic rings. The maximum absolute atomic E-state index is 5.93. The molecule has 0 amide bonds. The van der Waals surface area contributed by atoms with Gasteiger partial charge in [-0.25, -0.2) is 0 Å². The molecule has 0 radical (unpaired) electrons. The highest BCUT2D eigenvalue weighted by molar-refractivity contribution is 6.30. The van der Waals surface area contributed by atoms with Crippen LogP contribution in [0.4, 0.5) is 5.69 Å². The van der Waals surface area contributed by atoms with Crippen molar-refractivity contribution < 1.29 is 0 Å². The number of nitrogens with zero attached hydrogens (tertiary/aromatic N) is 1. The minimum absolute atomic E-state index is 0.643. The molecule has 0 spiro atoms. The summed E-state index contributed by atoms with van der Waals surface area (Å²) in [6.07, 6.45) is 2.59. The largest absolute Gasteiger partial charge is 0.384 e. The molecule has 0 aromatic heterocycles. The molecular formula is C14H22ClN3. The van der Waals surface area contributed by atoms with Crippen LogP contribution in [0.1, 0.15) is 12.8 Å². The fraction of sp³-hybridized carbons (Fsp3) is 0.571. The second-order valence-electron chi connectivity index (χ2n) is 4.99. The number of hydrogen-bond donors (Lipinski definition) is 2. The first kappa shape index (κ1) is 13.7. The fourth-order valence-electron chi connectivity index (χ4n) is 2.41. The van der Waals surface area contributed by atoms with E-state index in [1.54, 1.807) is 0 Å². The fourth-order valence-corrected chi connectivity index (χ4v) is 2.60. The molecule has 1 aliphatic rings. The van der Waals surface area contributed by atoms with Gasteiger partial charge in [-0.2, -0.15) is 0 Å². The van der Waals surface area contributed by atoms with Gasteiger partial charge in [0.05, 0.1) is 0 Å². The van der Waals surface area contributed by atoms with E-state index in [1.807, 2.05) is 24.3 Å². The summed E-state index contributed by atoms with van der Waals surface area (Å²) in [6, 6.07) is 8.50. The SMILES string of the molecule is CN1CCC[C@@H](NCCNc2cccc(Cl)c2)C1. The van der Waals surface area contributed by atoms with Gasteiger partial charge in [0.2, 0.25) is 0 Å². The third kappa shape index (κ3) is 4.48. The highest BCUT2D eigenvalue weighted by atomic mass is 35.5. The Bertz CT molecular complexity index is 370. The lowest BCUT2D eigenvalue weighted by molar-refractivity contribution is 0.229. The Labute approximate surface area is 115 Å². The summed E-state index contributed by atoms with van der Waals surface area (Å²) < 4.78 is 0. The number of rotatable bonds is 5. The molecule has 100 valence electrons. The van der Waals surface area contributed by atoms with E-state index < -0.39 is 0 Å². The quantitative estimate of drug-likeness (QED) is 0.803. The van der Waals surface area contributed by atoms with E-state index >= 15 is 0 Å². The van der Waals surface area contributed by atoms with Crippen molar-refractivity contribution in [2.75, 3.05) is 38.5 Å². The second kappa shape index (κ2) is 6.98. The highest BCUT2D eigenvalue weighted by Gasteiger charge is 2.15. The molecule has 4 heteroatoms. The summed E-state index contributed by atoms with van der Waals surface area (Å²) in [6.45, 7) is 4.32. The Morgan fingerprint density at radius 3 is 3.06 bits per heavy atom. The summed E-state index contributed by atoms with van der Waals surface area (Å²) in [5, 5.41) is 7.75. The summed E-state index contributed by atoms with van der Waals surface area (Å²) in [5.74, 6) is 0. The number of likely N-dealkylation sites (N-methyl/N-ethyl adjacent to an activating group) is 1. The van der Waals surface area contributed by atoms with Gasteiger partial charge >= 0.3 is 0 Å². The number of benzene rings is 1.